The number of carbonyl (C=O) groups is 2. The average molecular weight is 467 g/mol. The van der Waals surface area contributed by atoms with Gasteiger partial charge in [-0.1, -0.05) is 25.1 Å². The van der Waals surface area contributed by atoms with Gasteiger partial charge in [0.05, 0.1) is 6.42 Å². The van der Waals surface area contributed by atoms with Crippen molar-refractivity contribution in [1.29, 1.82) is 0 Å². The second kappa shape index (κ2) is 10.1. The molecular weight excluding hydrogens is 431 g/mol. The first-order chi connectivity index (χ1) is 16.3. The van der Waals surface area contributed by atoms with Crippen LogP contribution in [-0.4, -0.2) is 66.9 Å². The van der Waals surface area contributed by atoms with E-state index in [1.54, 1.807) is 23.1 Å². The Morgan fingerprint density at radius 1 is 1.12 bits per heavy atom. The zero-order valence-corrected chi connectivity index (χ0v) is 20.5. The Balaban J connectivity index is 1.36. The van der Waals surface area contributed by atoms with E-state index in [1.165, 1.54) is 11.6 Å². The van der Waals surface area contributed by atoms with E-state index < -0.39 is 5.41 Å². The molecule has 2 amide bonds. The first-order valence-electron chi connectivity index (χ1n) is 12.2. The number of amides is 2. The van der Waals surface area contributed by atoms with Crippen molar-refractivity contribution in [3.63, 3.8) is 0 Å². The zero-order chi connectivity index (χ0) is 24.3. The lowest BCUT2D eigenvalue weighted by Crippen LogP contribution is -2.52. The van der Waals surface area contributed by atoms with Gasteiger partial charge in [-0.2, -0.15) is 0 Å². The molecule has 0 radical (unpaired) electrons. The van der Waals surface area contributed by atoms with Gasteiger partial charge in [0.2, 0.25) is 11.8 Å². The van der Waals surface area contributed by atoms with Gasteiger partial charge in [-0.25, -0.2) is 9.37 Å². The third-order valence-electron chi connectivity index (χ3n) is 7.44. The molecule has 1 unspecified atom stereocenters. The van der Waals surface area contributed by atoms with Gasteiger partial charge in [-0.3, -0.25) is 9.59 Å². The van der Waals surface area contributed by atoms with Crippen LogP contribution < -0.4 is 4.90 Å². The summed E-state index contributed by atoms with van der Waals surface area (Å²) in [6, 6.07) is 10.6. The molecule has 2 saturated heterocycles. The number of pyridine rings is 1. The van der Waals surface area contributed by atoms with Crippen molar-refractivity contribution in [3.8, 4) is 0 Å². The minimum atomic E-state index is -0.469. The highest BCUT2D eigenvalue weighted by Crippen LogP contribution is 2.36. The number of hydrogen-bond donors (Lipinski definition) is 0. The van der Waals surface area contributed by atoms with E-state index in [2.05, 4.69) is 17.1 Å². The average Bonchev–Trinajstić information content (AvgIpc) is 2.85. The third kappa shape index (κ3) is 5.24. The molecule has 0 saturated carbocycles. The minimum Gasteiger partial charge on any atom is -0.363 e. The van der Waals surface area contributed by atoms with Gasteiger partial charge in [-0.05, 0) is 55.0 Å². The lowest BCUT2D eigenvalue weighted by Gasteiger charge is -2.43. The maximum absolute atomic E-state index is 13.9. The first kappa shape index (κ1) is 24.2. The molecule has 4 rings (SSSR count). The van der Waals surface area contributed by atoms with Crippen LogP contribution in [0.3, 0.4) is 0 Å². The number of carbonyl (C=O) groups excluding carboxylic acids is 2. The molecule has 1 atom stereocenters. The number of rotatable bonds is 5. The molecule has 34 heavy (non-hydrogen) atoms. The summed E-state index contributed by atoms with van der Waals surface area (Å²) in [5.74, 6) is 1.01. The summed E-state index contributed by atoms with van der Waals surface area (Å²) in [5, 5.41) is 0. The summed E-state index contributed by atoms with van der Waals surface area (Å²) in [4.78, 5) is 36.5. The number of aromatic nitrogens is 1. The van der Waals surface area contributed by atoms with Crippen LogP contribution >= 0.6 is 0 Å². The van der Waals surface area contributed by atoms with Crippen molar-refractivity contribution >= 4 is 17.6 Å². The van der Waals surface area contributed by atoms with Crippen LogP contribution in [0, 0.1) is 11.2 Å². The molecule has 0 aliphatic carbocycles. The van der Waals surface area contributed by atoms with Gasteiger partial charge in [-0.15, -0.1) is 0 Å². The van der Waals surface area contributed by atoms with Gasteiger partial charge in [0.25, 0.3) is 0 Å². The van der Waals surface area contributed by atoms with Gasteiger partial charge in [0.1, 0.15) is 11.6 Å². The highest BCUT2D eigenvalue weighted by atomic mass is 19.1. The number of piperidine rings is 2. The van der Waals surface area contributed by atoms with Crippen molar-refractivity contribution in [3.05, 3.63) is 59.5 Å². The normalized spacial score (nSPS) is 20.2. The molecule has 2 aliphatic heterocycles. The lowest BCUT2D eigenvalue weighted by molar-refractivity contribution is -0.148. The Bertz CT molecular complexity index is 1030. The molecule has 182 valence electrons. The SMILES string of the molecule is CN(C)c1cc(C2CCCN(C(=O)C3(C)CCN(C(=O)Cc4ccccc4F)CC3)C2)ccn1. The Morgan fingerprint density at radius 3 is 2.56 bits per heavy atom. The van der Waals surface area contributed by atoms with Gasteiger partial charge >= 0.3 is 0 Å². The Labute approximate surface area is 201 Å². The first-order valence-corrected chi connectivity index (χ1v) is 12.2. The van der Waals surface area contributed by atoms with E-state index in [4.69, 9.17) is 0 Å². The van der Waals surface area contributed by atoms with Crippen LogP contribution in [-0.2, 0) is 16.0 Å². The standard InChI is InChI=1S/C27H35FN4O2/c1-27(11-15-31(16-12-27)25(33)18-21-7-4-5-9-23(21)28)26(34)32-14-6-8-22(19-32)20-10-13-29-24(17-20)30(2)3/h4-5,7,9-10,13,17,22H,6,8,11-12,14-16,18-19H2,1-3H3. The van der Waals surface area contributed by atoms with Crippen LogP contribution in [0.15, 0.2) is 42.6 Å². The van der Waals surface area contributed by atoms with E-state index in [0.717, 1.165) is 31.7 Å². The van der Waals surface area contributed by atoms with Crippen LogP contribution in [0.5, 0.6) is 0 Å². The Hall–Kier alpha value is -2.96. The highest BCUT2D eigenvalue weighted by Gasteiger charge is 2.41. The number of anilines is 1. The fourth-order valence-electron chi connectivity index (χ4n) is 5.13. The Kier molecular flexibility index (Phi) is 7.19. The molecule has 0 N–H and O–H groups in total. The molecule has 0 spiro atoms. The summed E-state index contributed by atoms with van der Waals surface area (Å²) in [5.41, 5.74) is 1.18. The molecular formula is C27H35FN4O2. The Morgan fingerprint density at radius 2 is 1.85 bits per heavy atom. The number of hydrogen-bond acceptors (Lipinski definition) is 4. The van der Waals surface area contributed by atoms with Crippen molar-refractivity contribution < 1.29 is 14.0 Å². The second-order valence-electron chi connectivity index (χ2n) is 10.1. The number of likely N-dealkylation sites (tertiary alicyclic amines) is 2. The summed E-state index contributed by atoms with van der Waals surface area (Å²) in [6.45, 7) is 4.61. The maximum Gasteiger partial charge on any atom is 0.228 e. The predicted molar refractivity (Wildman–Crippen MR) is 131 cm³/mol. The molecule has 1 aromatic heterocycles. The van der Waals surface area contributed by atoms with E-state index in [9.17, 15) is 14.0 Å². The number of halogens is 1. The van der Waals surface area contributed by atoms with Crippen LogP contribution in [0.1, 0.15) is 49.7 Å². The molecule has 1 aromatic carbocycles. The second-order valence-corrected chi connectivity index (χ2v) is 10.1. The topological polar surface area (TPSA) is 56.8 Å². The van der Waals surface area contributed by atoms with Gasteiger partial charge in [0.15, 0.2) is 0 Å². The zero-order valence-electron chi connectivity index (χ0n) is 20.5. The number of nitrogens with zero attached hydrogens (tertiary/aromatic N) is 4. The van der Waals surface area contributed by atoms with Crippen molar-refractivity contribution in [1.82, 2.24) is 14.8 Å². The van der Waals surface area contributed by atoms with E-state index in [0.29, 0.717) is 37.4 Å². The molecule has 2 aliphatic rings. The van der Waals surface area contributed by atoms with E-state index in [-0.39, 0.29) is 24.1 Å². The van der Waals surface area contributed by atoms with Gasteiger partial charge in [0, 0.05) is 57.8 Å². The molecule has 7 heteroatoms. The molecule has 0 bridgehead atoms. The quantitative estimate of drug-likeness (QED) is 0.672. The molecule has 2 fully saturated rings. The van der Waals surface area contributed by atoms with E-state index >= 15 is 0 Å². The summed E-state index contributed by atoms with van der Waals surface area (Å²) in [7, 11) is 3.97. The lowest BCUT2D eigenvalue weighted by atomic mass is 9.78. The molecule has 3 heterocycles. The molecule has 2 aromatic rings. The van der Waals surface area contributed by atoms with Crippen molar-refractivity contribution in [2.75, 3.05) is 45.2 Å². The van der Waals surface area contributed by atoms with Crippen molar-refractivity contribution in [2.45, 2.75) is 44.9 Å². The van der Waals surface area contributed by atoms with Crippen LogP contribution in [0.25, 0.3) is 0 Å². The van der Waals surface area contributed by atoms with E-state index in [1.807, 2.05) is 37.0 Å². The summed E-state index contributed by atoms with van der Waals surface area (Å²) in [6.07, 6.45) is 5.23. The van der Waals surface area contributed by atoms with Crippen LogP contribution in [0.2, 0.25) is 0 Å². The fourth-order valence-corrected chi connectivity index (χ4v) is 5.13. The summed E-state index contributed by atoms with van der Waals surface area (Å²) < 4.78 is 13.9. The van der Waals surface area contributed by atoms with Gasteiger partial charge < -0.3 is 14.7 Å². The smallest absolute Gasteiger partial charge is 0.228 e. The molecule has 6 nitrogen and oxygen atoms in total. The number of benzene rings is 1. The van der Waals surface area contributed by atoms with Crippen LogP contribution in [0.4, 0.5) is 10.2 Å². The summed E-state index contributed by atoms with van der Waals surface area (Å²) >= 11 is 0. The highest BCUT2D eigenvalue weighted by molar-refractivity contribution is 5.84. The van der Waals surface area contributed by atoms with Crippen molar-refractivity contribution in [2.24, 2.45) is 5.41 Å². The maximum atomic E-state index is 13.9. The third-order valence-corrected chi connectivity index (χ3v) is 7.44. The monoisotopic (exact) mass is 466 g/mol. The largest absolute Gasteiger partial charge is 0.363 e. The predicted octanol–water partition coefficient (Wildman–Crippen LogP) is 3.86. The fraction of sp³-hybridized carbons (Fsp3) is 0.519. The minimum absolute atomic E-state index is 0.0615.